The summed E-state index contributed by atoms with van der Waals surface area (Å²) in [6.07, 6.45) is 4.35. The fourth-order valence-electron chi connectivity index (χ4n) is 2.20. The molecule has 0 bridgehead atoms. The van der Waals surface area contributed by atoms with E-state index in [1.54, 1.807) is 6.08 Å². The van der Waals surface area contributed by atoms with E-state index in [2.05, 4.69) is 17.3 Å². The van der Waals surface area contributed by atoms with E-state index in [1.165, 1.54) is 5.56 Å². The van der Waals surface area contributed by atoms with Crippen molar-refractivity contribution >= 4 is 17.7 Å². The highest BCUT2D eigenvalue weighted by atomic mass is 16.1. The molecule has 1 aromatic heterocycles. The molecule has 0 fully saturated rings. The Balaban J connectivity index is 2.05. The van der Waals surface area contributed by atoms with Crippen molar-refractivity contribution in [2.24, 2.45) is 7.05 Å². The van der Waals surface area contributed by atoms with Crippen molar-refractivity contribution < 1.29 is 4.79 Å². The summed E-state index contributed by atoms with van der Waals surface area (Å²) < 4.78 is 1.82. The summed E-state index contributed by atoms with van der Waals surface area (Å²) in [6, 6.07) is 7.89. The average molecular weight is 283 g/mol. The maximum atomic E-state index is 11.9. The lowest BCUT2D eigenvalue weighted by Crippen LogP contribution is -2.07. The summed E-state index contributed by atoms with van der Waals surface area (Å²) in [7, 11) is 1.90. The van der Waals surface area contributed by atoms with Crippen LogP contribution in [0.1, 0.15) is 29.4 Å². The molecule has 110 valence electrons. The third kappa shape index (κ3) is 3.60. The highest BCUT2D eigenvalue weighted by Gasteiger charge is 2.06. The predicted molar refractivity (Wildman–Crippen MR) is 86.2 cm³/mol. The lowest BCUT2D eigenvalue weighted by atomic mass is 10.1. The highest BCUT2D eigenvalue weighted by molar-refractivity contribution is 6.02. The van der Waals surface area contributed by atoms with Crippen molar-refractivity contribution in [2.45, 2.75) is 27.2 Å². The van der Waals surface area contributed by atoms with Crippen LogP contribution in [0.15, 0.2) is 30.3 Å². The van der Waals surface area contributed by atoms with E-state index in [0.29, 0.717) is 0 Å². The van der Waals surface area contributed by atoms with Crippen molar-refractivity contribution in [1.29, 1.82) is 0 Å². The van der Waals surface area contributed by atoms with Crippen LogP contribution in [0.2, 0.25) is 0 Å². The van der Waals surface area contributed by atoms with Gasteiger partial charge in [-0.05, 0) is 44.0 Å². The fourth-order valence-corrected chi connectivity index (χ4v) is 2.20. The number of aryl methyl sites for hydroxylation is 3. The van der Waals surface area contributed by atoms with Gasteiger partial charge >= 0.3 is 0 Å². The summed E-state index contributed by atoms with van der Waals surface area (Å²) >= 11 is 0. The number of amides is 1. The Hall–Kier alpha value is -2.36. The van der Waals surface area contributed by atoms with E-state index in [1.807, 2.05) is 55.9 Å². The molecule has 0 atom stereocenters. The zero-order chi connectivity index (χ0) is 15.4. The summed E-state index contributed by atoms with van der Waals surface area (Å²) in [5, 5.41) is 7.18. The minimum atomic E-state index is -0.137. The Labute approximate surface area is 125 Å². The van der Waals surface area contributed by atoms with Gasteiger partial charge in [-0.15, -0.1) is 0 Å². The molecule has 0 saturated heterocycles. The number of carbonyl (C=O) groups is 1. The van der Waals surface area contributed by atoms with Crippen LogP contribution in [-0.2, 0) is 18.3 Å². The quantitative estimate of drug-likeness (QED) is 0.876. The van der Waals surface area contributed by atoms with Crippen LogP contribution in [0.25, 0.3) is 6.08 Å². The molecule has 1 N–H and O–H groups in total. The Morgan fingerprint density at radius 3 is 2.48 bits per heavy atom. The maximum Gasteiger partial charge on any atom is 0.248 e. The van der Waals surface area contributed by atoms with Gasteiger partial charge < -0.3 is 5.32 Å². The predicted octanol–water partition coefficient (Wildman–Crippen LogP) is 3.25. The summed E-state index contributed by atoms with van der Waals surface area (Å²) in [4.78, 5) is 11.9. The second kappa shape index (κ2) is 6.39. The van der Waals surface area contributed by atoms with Crippen LogP contribution >= 0.6 is 0 Å². The van der Waals surface area contributed by atoms with E-state index in [4.69, 9.17) is 0 Å². The zero-order valence-electron chi connectivity index (χ0n) is 13.0. The van der Waals surface area contributed by atoms with Crippen molar-refractivity contribution in [2.75, 3.05) is 5.32 Å². The Morgan fingerprint density at radius 1 is 1.29 bits per heavy atom. The van der Waals surface area contributed by atoms with E-state index < -0.39 is 0 Å². The topological polar surface area (TPSA) is 46.9 Å². The van der Waals surface area contributed by atoms with Crippen LogP contribution < -0.4 is 5.32 Å². The van der Waals surface area contributed by atoms with E-state index in [0.717, 1.165) is 29.1 Å². The third-order valence-corrected chi connectivity index (χ3v) is 3.60. The van der Waals surface area contributed by atoms with Gasteiger partial charge in [0.25, 0.3) is 0 Å². The Kier molecular flexibility index (Phi) is 4.58. The number of aromatic nitrogens is 2. The minimum absolute atomic E-state index is 0.137. The molecule has 2 rings (SSSR count). The molecule has 0 saturated carbocycles. The summed E-state index contributed by atoms with van der Waals surface area (Å²) in [5.41, 5.74) is 5.02. The third-order valence-electron chi connectivity index (χ3n) is 3.60. The second-order valence-electron chi connectivity index (χ2n) is 5.08. The molecule has 0 aliphatic rings. The minimum Gasteiger partial charge on any atom is -0.323 e. The monoisotopic (exact) mass is 283 g/mol. The Bertz CT molecular complexity index is 666. The first kappa shape index (κ1) is 15.0. The van der Waals surface area contributed by atoms with Crippen molar-refractivity contribution in [3.8, 4) is 0 Å². The van der Waals surface area contributed by atoms with Crippen molar-refractivity contribution in [3.63, 3.8) is 0 Å². The van der Waals surface area contributed by atoms with Gasteiger partial charge in [-0.1, -0.05) is 19.1 Å². The van der Waals surface area contributed by atoms with Gasteiger partial charge in [0.05, 0.1) is 5.69 Å². The Morgan fingerprint density at radius 2 is 1.95 bits per heavy atom. The van der Waals surface area contributed by atoms with Gasteiger partial charge in [-0.2, -0.15) is 5.10 Å². The SMILES string of the molecule is CCc1ccc(NC(=O)/C=C/c2c(C)nn(C)c2C)cc1. The number of hydrogen-bond acceptors (Lipinski definition) is 2. The molecule has 0 unspecified atom stereocenters. The number of rotatable bonds is 4. The summed E-state index contributed by atoms with van der Waals surface area (Å²) in [5.74, 6) is -0.137. The molecule has 1 heterocycles. The molecule has 0 aliphatic heterocycles. The smallest absolute Gasteiger partial charge is 0.248 e. The van der Waals surface area contributed by atoms with Gasteiger partial charge in [-0.25, -0.2) is 0 Å². The first-order valence-corrected chi connectivity index (χ1v) is 7.09. The number of anilines is 1. The lowest BCUT2D eigenvalue weighted by molar-refractivity contribution is -0.111. The highest BCUT2D eigenvalue weighted by Crippen LogP contribution is 2.14. The first-order valence-electron chi connectivity index (χ1n) is 7.09. The number of nitrogens with zero attached hydrogens (tertiary/aromatic N) is 2. The van der Waals surface area contributed by atoms with Crippen molar-refractivity contribution in [1.82, 2.24) is 9.78 Å². The molecule has 1 amide bonds. The number of nitrogens with one attached hydrogen (secondary N) is 1. The molecule has 0 radical (unpaired) electrons. The number of benzene rings is 1. The number of carbonyl (C=O) groups excluding carboxylic acids is 1. The second-order valence-corrected chi connectivity index (χ2v) is 5.08. The van der Waals surface area contributed by atoms with Gasteiger partial charge in [0, 0.05) is 30.1 Å². The van der Waals surface area contributed by atoms with Crippen LogP contribution in [0.4, 0.5) is 5.69 Å². The maximum absolute atomic E-state index is 11.9. The molecule has 1 aromatic carbocycles. The van der Waals surface area contributed by atoms with Gasteiger partial charge in [0.15, 0.2) is 0 Å². The normalized spacial score (nSPS) is 11.0. The molecule has 0 aliphatic carbocycles. The van der Waals surface area contributed by atoms with Crippen molar-refractivity contribution in [3.05, 3.63) is 52.9 Å². The molecule has 4 heteroatoms. The molecule has 4 nitrogen and oxygen atoms in total. The summed E-state index contributed by atoms with van der Waals surface area (Å²) in [6.45, 7) is 6.03. The number of hydrogen-bond donors (Lipinski definition) is 1. The van der Waals surface area contributed by atoms with Gasteiger partial charge in [0.1, 0.15) is 0 Å². The lowest BCUT2D eigenvalue weighted by Gasteiger charge is -2.03. The average Bonchev–Trinajstić information content (AvgIpc) is 2.71. The van der Waals surface area contributed by atoms with Crippen LogP contribution in [-0.4, -0.2) is 15.7 Å². The van der Waals surface area contributed by atoms with E-state index >= 15 is 0 Å². The van der Waals surface area contributed by atoms with Gasteiger partial charge in [-0.3, -0.25) is 9.48 Å². The fraction of sp³-hybridized carbons (Fsp3) is 0.294. The molecule has 0 spiro atoms. The molecule has 21 heavy (non-hydrogen) atoms. The largest absolute Gasteiger partial charge is 0.323 e. The van der Waals surface area contributed by atoms with Gasteiger partial charge in [0.2, 0.25) is 5.91 Å². The first-order chi connectivity index (χ1) is 10.0. The zero-order valence-corrected chi connectivity index (χ0v) is 13.0. The molecule has 2 aromatic rings. The molecular weight excluding hydrogens is 262 g/mol. The molecular formula is C17H21N3O. The van der Waals surface area contributed by atoms with E-state index in [-0.39, 0.29) is 5.91 Å². The van der Waals surface area contributed by atoms with Crippen LogP contribution in [0, 0.1) is 13.8 Å². The van der Waals surface area contributed by atoms with Crippen LogP contribution in [0.5, 0.6) is 0 Å². The standard InChI is InChI=1S/C17H21N3O/c1-5-14-6-8-15(9-7-14)18-17(21)11-10-16-12(2)19-20(4)13(16)3/h6-11H,5H2,1-4H3,(H,18,21)/b11-10+. The van der Waals surface area contributed by atoms with E-state index in [9.17, 15) is 4.79 Å². The van der Waals surface area contributed by atoms with Crippen LogP contribution in [0.3, 0.4) is 0 Å².